The van der Waals surface area contributed by atoms with Gasteiger partial charge in [0.15, 0.2) is 0 Å². The predicted octanol–water partition coefficient (Wildman–Crippen LogP) is 4.44. The number of hydrogen-bond donors (Lipinski definition) is 0. The number of benzene rings is 2. The van der Waals surface area contributed by atoms with Crippen LogP contribution in [0.25, 0.3) is 0 Å². The first-order chi connectivity index (χ1) is 14.8. The average molecular weight is 432 g/mol. The molecule has 2 heterocycles. The van der Waals surface area contributed by atoms with Gasteiger partial charge in [-0.2, -0.15) is 13.2 Å². The SMILES string of the molecule is Cc1ccccc1N1CCN([C@@H]2CCCN(C(=O)c3cccc(C(F)(F)F)c3)C2)CC1. The number of carbonyl (C=O) groups excluding carboxylic acids is 1. The molecule has 7 heteroatoms. The number of amides is 1. The molecular weight excluding hydrogens is 403 g/mol. The van der Waals surface area contributed by atoms with E-state index in [-0.39, 0.29) is 17.5 Å². The van der Waals surface area contributed by atoms with E-state index in [0.29, 0.717) is 13.1 Å². The Morgan fingerprint density at radius 1 is 0.968 bits per heavy atom. The normalized spacial score (nSPS) is 20.7. The molecule has 0 aromatic heterocycles. The van der Waals surface area contributed by atoms with Crippen LogP contribution in [0.3, 0.4) is 0 Å². The number of anilines is 1. The number of carbonyl (C=O) groups is 1. The summed E-state index contributed by atoms with van der Waals surface area (Å²) in [4.78, 5) is 19.5. The second-order valence-electron chi connectivity index (χ2n) is 8.44. The van der Waals surface area contributed by atoms with E-state index in [9.17, 15) is 18.0 Å². The standard InChI is InChI=1S/C24H28F3N3O/c1-18-6-2-3-10-22(18)29-14-12-28(13-15-29)21-9-5-11-30(17-21)23(31)19-7-4-8-20(16-19)24(25,26)27/h2-4,6-8,10,16,21H,5,9,11-15,17H2,1H3/t21-/m1/s1. The summed E-state index contributed by atoms with van der Waals surface area (Å²) in [6.45, 7) is 7.00. The monoisotopic (exact) mass is 431 g/mol. The summed E-state index contributed by atoms with van der Waals surface area (Å²) < 4.78 is 39.1. The summed E-state index contributed by atoms with van der Waals surface area (Å²) in [7, 11) is 0. The number of rotatable bonds is 3. The average Bonchev–Trinajstić information content (AvgIpc) is 2.79. The van der Waals surface area contributed by atoms with Crippen molar-refractivity contribution in [2.75, 3.05) is 44.2 Å². The molecule has 0 aliphatic carbocycles. The number of halogens is 3. The molecule has 0 saturated carbocycles. The largest absolute Gasteiger partial charge is 0.416 e. The van der Waals surface area contributed by atoms with Gasteiger partial charge in [0.05, 0.1) is 5.56 Å². The van der Waals surface area contributed by atoms with E-state index < -0.39 is 11.7 Å². The number of nitrogens with zero attached hydrogens (tertiary/aromatic N) is 3. The molecule has 0 radical (unpaired) electrons. The highest BCUT2D eigenvalue weighted by Crippen LogP contribution is 2.30. The number of hydrogen-bond acceptors (Lipinski definition) is 3. The van der Waals surface area contributed by atoms with Gasteiger partial charge in [-0.25, -0.2) is 0 Å². The van der Waals surface area contributed by atoms with Crippen molar-refractivity contribution >= 4 is 11.6 Å². The Balaban J connectivity index is 1.38. The second kappa shape index (κ2) is 8.91. The molecule has 2 saturated heterocycles. The Morgan fingerprint density at radius 3 is 2.42 bits per heavy atom. The van der Waals surface area contributed by atoms with Crippen molar-refractivity contribution in [3.8, 4) is 0 Å². The van der Waals surface area contributed by atoms with Crippen LogP contribution >= 0.6 is 0 Å². The molecule has 0 spiro atoms. The number of aryl methyl sites for hydroxylation is 1. The number of piperidine rings is 1. The first-order valence-corrected chi connectivity index (χ1v) is 10.8. The smallest absolute Gasteiger partial charge is 0.369 e. The predicted molar refractivity (Wildman–Crippen MR) is 115 cm³/mol. The molecule has 1 atom stereocenters. The maximum atomic E-state index is 13.0. The molecule has 2 aliphatic heterocycles. The lowest BCUT2D eigenvalue weighted by molar-refractivity contribution is -0.137. The van der Waals surface area contributed by atoms with E-state index >= 15 is 0 Å². The number of alkyl halides is 3. The van der Waals surface area contributed by atoms with Gasteiger partial charge >= 0.3 is 6.18 Å². The molecule has 4 nitrogen and oxygen atoms in total. The van der Waals surface area contributed by atoms with Crippen molar-refractivity contribution in [2.45, 2.75) is 32.0 Å². The van der Waals surface area contributed by atoms with Crippen LogP contribution in [0.1, 0.15) is 34.3 Å². The Kier molecular flexibility index (Phi) is 6.23. The molecule has 2 aliphatic rings. The molecule has 0 bridgehead atoms. The van der Waals surface area contributed by atoms with Gasteiger partial charge in [-0.15, -0.1) is 0 Å². The maximum Gasteiger partial charge on any atom is 0.416 e. The maximum absolute atomic E-state index is 13.0. The van der Waals surface area contributed by atoms with E-state index in [1.807, 2.05) is 6.07 Å². The lowest BCUT2D eigenvalue weighted by Crippen LogP contribution is -2.56. The number of para-hydroxylation sites is 1. The first kappa shape index (κ1) is 21.7. The molecule has 2 aromatic carbocycles. The molecule has 0 unspecified atom stereocenters. The number of piperazine rings is 1. The third kappa shape index (κ3) is 4.87. The minimum Gasteiger partial charge on any atom is -0.369 e. The number of likely N-dealkylation sites (tertiary alicyclic amines) is 1. The van der Waals surface area contributed by atoms with Gasteiger partial charge in [-0.3, -0.25) is 9.69 Å². The quantitative estimate of drug-likeness (QED) is 0.719. The molecule has 2 aromatic rings. The van der Waals surface area contributed by atoms with Crippen molar-refractivity contribution in [3.63, 3.8) is 0 Å². The van der Waals surface area contributed by atoms with Crippen molar-refractivity contribution < 1.29 is 18.0 Å². The van der Waals surface area contributed by atoms with Crippen LogP contribution in [0.15, 0.2) is 48.5 Å². The van der Waals surface area contributed by atoms with Crippen molar-refractivity contribution in [1.29, 1.82) is 0 Å². The van der Waals surface area contributed by atoms with Crippen LogP contribution in [0.4, 0.5) is 18.9 Å². The Hall–Kier alpha value is -2.54. The highest BCUT2D eigenvalue weighted by molar-refractivity contribution is 5.94. The van der Waals surface area contributed by atoms with Gasteiger partial charge in [-0.05, 0) is 49.6 Å². The third-order valence-corrected chi connectivity index (χ3v) is 6.41. The summed E-state index contributed by atoms with van der Waals surface area (Å²) in [6.07, 6.45) is -2.57. The molecule has 2 fully saturated rings. The van der Waals surface area contributed by atoms with Gasteiger partial charge < -0.3 is 9.80 Å². The van der Waals surface area contributed by atoms with E-state index in [4.69, 9.17) is 0 Å². The fraction of sp³-hybridized carbons (Fsp3) is 0.458. The van der Waals surface area contributed by atoms with Gasteiger partial charge in [0.25, 0.3) is 5.91 Å². The summed E-state index contributed by atoms with van der Waals surface area (Å²) in [5.74, 6) is -0.311. The third-order valence-electron chi connectivity index (χ3n) is 6.41. The second-order valence-corrected chi connectivity index (χ2v) is 8.44. The van der Waals surface area contributed by atoms with Gasteiger partial charge in [0.1, 0.15) is 0 Å². The summed E-state index contributed by atoms with van der Waals surface area (Å²) >= 11 is 0. The summed E-state index contributed by atoms with van der Waals surface area (Å²) in [6, 6.07) is 13.4. The first-order valence-electron chi connectivity index (χ1n) is 10.8. The van der Waals surface area contributed by atoms with E-state index in [0.717, 1.165) is 51.2 Å². The summed E-state index contributed by atoms with van der Waals surface area (Å²) in [5.41, 5.74) is 1.87. The van der Waals surface area contributed by atoms with Crippen LogP contribution in [0, 0.1) is 6.92 Å². The van der Waals surface area contributed by atoms with E-state index in [2.05, 4.69) is 34.9 Å². The minimum absolute atomic E-state index is 0.111. The Bertz CT molecular complexity index is 922. The lowest BCUT2D eigenvalue weighted by Gasteiger charge is -2.44. The van der Waals surface area contributed by atoms with Crippen molar-refractivity contribution in [1.82, 2.24) is 9.80 Å². The van der Waals surface area contributed by atoms with Crippen LogP contribution in [-0.2, 0) is 6.18 Å². The molecule has 1 amide bonds. The van der Waals surface area contributed by atoms with E-state index in [1.54, 1.807) is 4.90 Å². The summed E-state index contributed by atoms with van der Waals surface area (Å²) in [5, 5.41) is 0. The van der Waals surface area contributed by atoms with Crippen LogP contribution in [0.5, 0.6) is 0 Å². The van der Waals surface area contributed by atoms with Crippen LogP contribution in [0.2, 0.25) is 0 Å². The van der Waals surface area contributed by atoms with E-state index in [1.165, 1.54) is 23.4 Å². The Labute approximate surface area is 181 Å². The van der Waals surface area contributed by atoms with Gasteiger partial charge in [0, 0.05) is 56.6 Å². The zero-order valence-corrected chi connectivity index (χ0v) is 17.7. The molecular formula is C24H28F3N3O. The fourth-order valence-electron chi connectivity index (χ4n) is 4.69. The van der Waals surface area contributed by atoms with Crippen molar-refractivity contribution in [3.05, 3.63) is 65.2 Å². The zero-order chi connectivity index (χ0) is 22.0. The van der Waals surface area contributed by atoms with Gasteiger partial charge in [-0.1, -0.05) is 24.3 Å². The topological polar surface area (TPSA) is 26.8 Å². The minimum atomic E-state index is -4.45. The van der Waals surface area contributed by atoms with Crippen LogP contribution < -0.4 is 4.90 Å². The Morgan fingerprint density at radius 2 is 1.71 bits per heavy atom. The zero-order valence-electron chi connectivity index (χ0n) is 17.7. The van der Waals surface area contributed by atoms with Crippen molar-refractivity contribution in [2.24, 2.45) is 0 Å². The highest BCUT2D eigenvalue weighted by atomic mass is 19.4. The molecule has 4 rings (SSSR count). The lowest BCUT2D eigenvalue weighted by atomic mass is 10.0. The highest BCUT2D eigenvalue weighted by Gasteiger charge is 2.33. The molecule has 0 N–H and O–H groups in total. The molecule has 166 valence electrons. The van der Waals surface area contributed by atoms with Crippen LogP contribution in [-0.4, -0.2) is 61.0 Å². The molecule has 31 heavy (non-hydrogen) atoms. The fourth-order valence-corrected chi connectivity index (χ4v) is 4.69. The van der Waals surface area contributed by atoms with Gasteiger partial charge in [0.2, 0.25) is 0 Å².